The maximum atomic E-state index is 6.22. The highest BCUT2D eigenvalue weighted by Gasteiger charge is 2.58. The molecule has 5 atom stereocenters. The largest absolute Gasteiger partial charge is 0.368 e. The standard InChI is InChI=1S/C19H24Cl2O6/c1-18(2)23-9-13(25-18)14-15(16-17(24-14)27-19(3,4)26-16)22-8-10-5-6-11(20)12(21)7-10/h5-7,13-17H,8-9H2,1-4H3/t13-,14-,15+,16-,17-/m1/s1. The van der Waals surface area contributed by atoms with E-state index in [4.69, 9.17) is 51.6 Å². The van der Waals surface area contributed by atoms with E-state index in [0.717, 1.165) is 5.56 Å². The molecule has 3 aliphatic heterocycles. The molecule has 4 rings (SSSR count). The van der Waals surface area contributed by atoms with E-state index < -0.39 is 17.9 Å². The molecule has 0 radical (unpaired) electrons. The van der Waals surface area contributed by atoms with Crippen molar-refractivity contribution in [3.05, 3.63) is 33.8 Å². The highest BCUT2D eigenvalue weighted by atomic mass is 35.5. The third kappa shape index (κ3) is 4.14. The van der Waals surface area contributed by atoms with Crippen LogP contribution < -0.4 is 0 Å². The van der Waals surface area contributed by atoms with Gasteiger partial charge in [-0.15, -0.1) is 0 Å². The summed E-state index contributed by atoms with van der Waals surface area (Å²) < 4.78 is 35.9. The Labute approximate surface area is 168 Å². The predicted molar refractivity (Wildman–Crippen MR) is 98.6 cm³/mol. The van der Waals surface area contributed by atoms with Crippen molar-refractivity contribution < 1.29 is 28.4 Å². The lowest BCUT2D eigenvalue weighted by Gasteiger charge is -2.29. The first-order chi connectivity index (χ1) is 12.6. The minimum atomic E-state index is -0.724. The summed E-state index contributed by atoms with van der Waals surface area (Å²) in [6.07, 6.45) is -1.84. The topological polar surface area (TPSA) is 55.4 Å². The number of ether oxygens (including phenoxy) is 6. The SMILES string of the molecule is CC1(C)O[C@H]2O[C@H]([C@H]3COC(C)(C)O3)[C@H](OCc3ccc(Cl)c(Cl)c3)[C@H]2O1. The molecule has 0 N–H and O–H groups in total. The van der Waals surface area contributed by atoms with Gasteiger partial charge >= 0.3 is 0 Å². The first-order valence-corrected chi connectivity index (χ1v) is 9.78. The molecule has 3 fully saturated rings. The third-order valence-electron chi connectivity index (χ3n) is 4.85. The molecule has 3 aliphatic rings. The van der Waals surface area contributed by atoms with Crippen LogP contribution in [0, 0.1) is 0 Å². The van der Waals surface area contributed by atoms with Crippen LogP contribution in [0.3, 0.4) is 0 Å². The van der Waals surface area contributed by atoms with Gasteiger partial charge in [0.05, 0.1) is 23.3 Å². The number of rotatable bonds is 4. The van der Waals surface area contributed by atoms with E-state index >= 15 is 0 Å². The quantitative estimate of drug-likeness (QED) is 0.738. The van der Waals surface area contributed by atoms with Crippen molar-refractivity contribution in [3.63, 3.8) is 0 Å². The second-order valence-electron chi connectivity index (χ2n) is 7.96. The van der Waals surface area contributed by atoms with E-state index in [2.05, 4.69) is 0 Å². The van der Waals surface area contributed by atoms with Crippen LogP contribution in [0.1, 0.15) is 33.3 Å². The molecular weight excluding hydrogens is 395 g/mol. The van der Waals surface area contributed by atoms with Crippen molar-refractivity contribution in [2.75, 3.05) is 6.61 Å². The monoisotopic (exact) mass is 418 g/mol. The maximum Gasteiger partial charge on any atom is 0.190 e. The minimum absolute atomic E-state index is 0.264. The lowest BCUT2D eigenvalue weighted by atomic mass is 10.1. The summed E-state index contributed by atoms with van der Waals surface area (Å²) in [6.45, 7) is 8.24. The van der Waals surface area contributed by atoms with Gasteiger partial charge in [0, 0.05) is 0 Å². The molecular formula is C19H24Cl2O6. The van der Waals surface area contributed by atoms with Gasteiger partial charge in [0.2, 0.25) is 0 Å². The van der Waals surface area contributed by atoms with Gasteiger partial charge in [0.1, 0.15) is 24.4 Å². The number of fused-ring (bicyclic) bond motifs is 1. The molecule has 0 spiro atoms. The lowest BCUT2D eigenvalue weighted by molar-refractivity contribution is -0.236. The minimum Gasteiger partial charge on any atom is -0.368 e. The summed E-state index contributed by atoms with van der Waals surface area (Å²) in [4.78, 5) is 0. The van der Waals surface area contributed by atoms with Gasteiger partial charge in [-0.1, -0.05) is 29.3 Å². The summed E-state index contributed by atoms with van der Waals surface area (Å²) in [5.41, 5.74) is 0.911. The summed E-state index contributed by atoms with van der Waals surface area (Å²) >= 11 is 12.1. The molecule has 8 heteroatoms. The van der Waals surface area contributed by atoms with Crippen LogP contribution >= 0.6 is 23.2 Å². The van der Waals surface area contributed by atoms with Crippen LogP contribution in [0.15, 0.2) is 18.2 Å². The van der Waals surface area contributed by atoms with Crippen LogP contribution in [-0.2, 0) is 35.0 Å². The fourth-order valence-electron chi connectivity index (χ4n) is 3.69. The lowest BCUT2D eigenvalue weighted by Crippen LogP contribution is -2.44. The Hall–Kier alpha value is -0.440. The van der Waals surface area contributed by atoms with Crippen LogP contribution in [0.2, 0.25) is 10.0 Å². The van der Waals surface area contributed by atoms with Crippen molar-refractivity contribution in [1.29, 1.82) is 0 Å². The highest BCUT2D eigenvalue weighted by molar-refractivity contribution is 6.42. The van der Waals surface area contributed by atoms with Gasteiger partial charge in [0.15, 0.2) is 17.9 Å². The summed E-state index contributed by atoms with van der Waals surface area (Å²) in [5.74, 6) is -1.38. The summed E-state index contributed by atoms with van der Waals surface area (Å²) in [7, 11) is 0. The first-order valence-electron chi connectivity index (χ1n) is 9.02. The van der Waals surface area contributed by atoms with Gasteiger partial charge < -0.3 is 28.4 Å². The first kappa shape index (κ1) is 19.9. The Morgan fingerprint density at radius 2 is 1.78 bits per heavy atom. The molecule has 0 aromatic heterocycles. The van der Waals surface area contributed by atoms with Gasteiger partial charge in [-0.3, -0.25) is 0 Å². The predicted octanol–water partition coefficient (Wildman–Crippen LogP) is 3.91. The molecule has 3 heterocycles. The Kier molecular flexibility index (Phi) is 5.23. The van der Waals surface area contributed by atoms with Gasteiger partial charge in [0.25, 0.3) is 0 Å². The van der Waals surface area contributed by atoms with E-state index in [9.17, 15) is 0 Å². The Morgan fingerprint density at radius 1 is 1.00 bits per heavy atom. The van der Waals surface area contributed by atoms with E-state index in [1.54, 1.807) is 12.1 Å². The Morgan fingerprint density at radius 3 is 2.44 bits per heavy atom. The second-order valence-corrected chi connectivity index (χ2v) is 8.77. The molecule has 1 aromatic rings. The zero-order chi connectivity index (χ0) is 19.4. The number of hydrogen-bond donors (Lipinski definition) is 0. The maximum absolute atomic E-state index is 6.22. The fourth-order valence-corrected chi connectivity index (χ4v) is 4.01. The van der Waals surface area contributed by atoms with Crippen molar-refractivity contribution in [1.82, 2.24) is 0 Å². The van der Waals surface area contributed by atoms with Crippen molar-refractivity contribution >= 4 is 23.2 Å². The van der Waals surface area contributed by atoms with E-state index in [0.29, 0.717) is 23.3 Å². The summed E-state index contributed by atoms with van der Waals surface area (Å²) in [6, 6.07) is 5.42. The number of halogens is 2. The molecule has 150 valence electrons. The molecule has 0 bridgehead atoms. The molecule has 27 heavy (non-hydrogen) atoms. The molecule has 1 aromatic carbocycles. The van der Waals surface area contributed by atoms with Crippen LogP contribution in [0.4, 0.5) is 0 Å². The average molecular weight is 419 g/mol. The van der Waals surface area contributed by atoms with Crippen molar-refractivity contribution in [3.8, 4) is 0 Å². The van der Waals surface area contributed by atoms with Gasteiger partial charge in [-0.25, -0.2) is 0 Å². The van der Waals surface area contributed by atoms with Crippen molar-refractivity contribution in [2.24, 2.45) is 0 Å². The number of benzene rings is 1. The molecule has 0 aliphatic carbocycles. The molecule has 3 saturated heterocycles. The van der Waals surface area contributed by atoms with Gasteiger partial charge in [-0.05, 0) is 45.4 Å². The molecule has 6 nitrogen and oxygen atoms in total. The molecule has 0 saturated carbocycles. The summed E-state index contributed by atoms with van der Waals surface area (Å²) in [5, 5.41) is 1.00. The smallest absolute Gasteiger partial charge is 0.190 e. The third-order valence-corrected chi connectivity index (χ3v) is 5.59. The van der Waals surface area contributed by atoms with Gasteiger partial charge in [-0.2, -0.15) is 0 Å². The van der Waals surface area contributed by atoms with Crippen LogP contribution in [-0.4, -0.2) is 48.9 Å². The zero-order valence-electron chi connectivity index (χ0n) is 15.7. The average Bonchev–Trinajstić information content (AvgIpc) is 3.18. The molecule has 0 amide bonds. The fraction of sp³-hybridized carbons (Fsp3) is 0.684. The zero-order valence-corrected chi connectivity index (χ0v) is 17.3. The highest BCUT2D eigenvalue weighted by Crippen LogP contribution is 2.42. The Bertz CT molecular complexity index is 709. The van der Waals surface area contributed by atoms with Crippen molar-refractivity contribution in [2.45, 2.75) is 76.6 Å². The second kappa shape index (κ2) is 7.11. The van der Waals surface area contributed by atoms with Crippen LogP contribution in [0.25, 0.3) is 0 Å². The van der Waals surface area contributed by atoms with E-state index in [-0.39, 0.29) is 24.4 Å². The van der Waals surface area contributed by atoms with Crippen LogP contribution in [0.5, 0.6) is 0 Å². The normalized spacial score (nSPS) is 36.9. The van der Waals surface area contributed by atoms with E-state index in [1.807, 2.05) is 33.8 Å². The molecule has 0 unspecified atom stereocenters. The van der Waals surface area contributed by atoms with E-state index in [1.165, 1.54) is 0 Å². The number of hydrogen-bond acceptors (Lipinski definition) is 6. The Balaban J connectivity index is 1.50.